The summed E-state index contributed by atoms with van der Waals surface area (Å²) in [6.07, 6.45) is 8.37. The number of nitrogens with one attached hydrogen (secondary N) is 2. The smallest absolute Gasteiger partial charge is 0.257 e. The molecule has 4 heterocycles. The fourth-order valence-electron chi connectivity index (χ4n) is 3.15. The third kappa shape index (κ3) is 3.76. The van der Waals surface area contributed by atoms with Crippen molar-refractivity contribution in [3.63, 3.8) is 0 Å². The second-order valence-electron chi connectivity index (χ2n) is 6.95. The lowest BCUT2D eigenvalue weighted by Crippen LogP contribution is -2.11. The molecule has 10 nitrogen and oxygen atoms in total. The lowest BCUT2D eigenvalue weighted by molar-refractivity contribution is 0.102. The van der Waals surface area contributed by atoms with E-state index >= 15 is 0 Å². The number of fused-ring (bicyclic) bond motifs is 1. The highest BCUT2D eigenvalue weighted by molar-refractivity contribution is 7.92. The van der Waals surface area contributed by atoms with E-state index in [9.17, 15) is 13.2 Å². The fourth-order valence-corrected chi connectivity index (χ4v) is 4.65. The monoisotopic (exact) mass is 465 g/mol. The van der Waals surface area contributed by atoms with Crippen LogP contribution in [0.2, 0.25) is 0 Å². The lowest BCUT2D eigenvalue weighted by Gasteiger charge is -2.06. The maximum Gasteiger partial charge on any atom is 0.257 e. The van der Waals surface area contributed by atoms with Gasteiger partial charge >= 0.3 is 0 Å². The average Bonchev–Trinajstić information content (AvgIpc) is 3.53. The van der Waals surface area contributed by atoms with Crippen LogP contribution in [0.5, 0.6) is 0 Å². The molecule has 1 aromatic carbocycles. The number of H-pyrrole nitrogens is 1. The van der Waals surface area contributed by atoms with Crippen molar-refractivity contribution in [3.05, 3.63) is 66.7 Å². The van der Waals surface area contributed by atoms with Crippen LogP contribution in [-0.2, 0) is 9.84 Å². The summed E-state index contributed by atoms with van der Waals surface area (Å²) < 4.78 is 24.9. The van der Waals surface area contributed by atoms with Gasteiger partial charge in [0.05, 0.1) is 18.1 Å². The highest BCUT2D eigenvalue weighted by atomic mass is 32.2. The zero-order valence-corrected chi connectivity index (χ0v) is 18.2. The Morgan fingerprint density at radius 2 is 1.81 bits per heavy atom. The summed E-state index contributed by atoms with van der Waals surface area (Å²) in [6, 6.07) is 10.9. The van der Waals surface area contributed by atoms with E-state index in [1.807, 2.05) is 41.1 Å². The molecule has 0 radical (unpaired) electrons. The number of imidazole rings is 1. The van der Waals surface area contributed by atoms with Crippen LogP contribution < -0.4 is 5.32 Å². The quantitative estimate of drug-likeness (QED) is 0.381. The molecule has 32 heavy (non-hydrogen) atoms. The predicted octanol–water partition coefficient (Wildman–Crippen LogP) is 2.90. The number of aromatic amines is 1. The summed E-state index contributed by atoms with van der Waals surface area (Å²) >= 11 is 0.805. The highest BCUT2D eigenvalue weighted by Crippen LogP contribution is 2.26. The number of nitrogens with zero attached hydrogens (tertiary/aromatic N) is 5. The molecule has 0 saturated carbocycles. The number of aromatic nitrogens is 6. The largest absolute Gasteiger partial charge is 0.299 e. The van der Waals surface area contributed by atoms with Crippen molar-refractivity contribution in [1.29, 1.82) is 0 Å². The number of anilines is 1. The van der Waals surface area contributed by atoms with Crippen molar-refractivity contribution in [2.24, 2.45) is 0 Å². The molecular formula is C20H15N7O3S2. The molecule has 0 bridgehead atoms. The first kappa shape index (κ1) is 20.0. The molecule has 4 aromatic heterocycles. The van der Waals surface area contributed by atoms with Crippen LogP contribution in [0.3, 0.4) is 0 Å². The van der Waals surface area contributed by atoms with Gasteiger partial charge in [0, 0.05) is 40.9 Å². The van der Waals surface area contributed by atoms with Crippen molar-refractivity contribution in [2.45, 2.75) is 4.34 Å². The first-order valence-electron chi connectivity index (χ1n) is 9.30. The summed E-state index contributed by atoms with van der Waals surface area (Å²) in [6.45, 7) is 0. The molecule has 0 aliphatic carbocycles. The van der Waals surface area contributed by atoms with Crippen molar-refractivity contribution in [1.82, 2.24) is 29.8 Å². The van der Waals surface area contributed by atoms with Gasteiger partial charge in [0.2, 0.25) is 19.3 Å². The van der Waals surface area contributed by atoms with Gasteiger partial charge in [-0.2, -0.15) is 5.10 Å². The molecule has 0 aliphatic heterocycles. The van der Waals surface area contributed by atoms with Gasteiger partial charge in [-0.1, -0.05) is 23.5 Å². The molecule has 2 N–H and O–H groups in total. The number of carbonyl (C=O) groups excluding carboxylic acids is 1. The van der Waals surface area contributed by atoms with E-state index in [-0.39, 0.29) is 9.47 Å². The van der Waals surface area contributed by atoms with E-state index in [0.29, 0.717) is 5.56 Å². The van der Waals surface area contributed by atoms with Gasteiger partial charge in [-0.3, -0.25) is 19.6 Å². The Bertz CT molecular complexity index is 1540. The Morgan fingerprint density at radius 1 is 1.03 bits per heavy atom. The molecule has 1 amide bonds. The van der Waals surface area contributed by atoms with Gasteiger partial charge in [0.1, 0.15) is 5.65 Å². The van der Waals surface area contributed by atoms with Gasteiger partial charge in [0.15, 0.2) is 0 Å². The maximum atomic E-state index is 12.5. The van der Waals surface area contributed by atoms with E-state index in [1.54, 1.807) is 24.5 Å². The molecule has 0 fully saturated rings. The Labute approximate surface area is 185 Å². The summed E-state index contributed by atoms with van der Waals surface area (Å²) in [5, 5.41) is 16.8. The standard InChI is InChI=1S/C20H15N7O3S2/c1-32(29,30)20-26-25-19(31-20)24-18(28)13-4-2-12(3-5-13)16-10-21-17-7-6-14(11-27(16)17)15-8-22-23-9-15/h2-11H,1H3,(H,22,23)(H,24,25,28). The van der Waals surface area contributed by atoms with Crippen LogP contribution in [-0.4, -0.2) is 50.4 Å². The molecule has 5 rings (SSSR count). The molecule has 0 spiro atoms. The zero-order valence-electron chi connectivity index (χ0n) is 16.6. The molecule has 0 unspecified atom stereocenters. The van der Waals surface area contributed by atoms with Crippen LogP contribution in [0.4, 0.5) is 5.13 Å². The van der Waals surface area contributed by atoms with Crippen LogP contribution >= 0.6 is 11.3 Å². The number of benzene rings is 1. The maximum absolute atomic E-state index is 12.5. The third-order valence-electron chi connectivity index (χ3n) is 4.72. The van der Waals surface area contributed by atoms with Gasteiger partial charge < -0.3 is 0 Å². The van der Waals surface area contributed by atoms with Gasteiger partial charge in [0.25, 0.3) is 5.91 Å². The summed E-state index contributed by atoms with van der Waals surface area (Å²) in [7, 11) is -3.47. The number of hydrogen-bond donors (Lipinski definition) is 2. The number of rotatable bonds is 5. The van der Waals surface area contributed by atoms with E-state index in [4.69, 9.17) is 0 Å². The first-order chi connectivity index (χ1) is 15.4. The topological polar surface area (TPSA) is 135 Å². The van der Waals surface area contributed by atoms with Crippen molar-refractivity contribution < 1.29 is 13.2 Å². The number of hydrogen-bond acceptors (Lipinski definition) is 8. The molecular weight excluding hydrogens is 450 g/mol. The van der Waals surface area contributed by atoms with E-state index in [1.165, 1.54) is 0 Å². The molecule has 160 valence electrons. The number of pyridine rings is 1. The predicted molar refractivity (Wildman–Crippen MR) is 119 cm³/mol. The Kier molecular flexibility index (Phi) is 4.79. The van der Waals surface area contributed by atoms with Crippen molar-refractivity contribution in [3.8, 4) is 22.4 Å². The van der Waals surface area contributed by atoms with Crippen LogP contribution in [0, 0.1) is 0 Å². The summed E-state index contributed by atoms with van der Waals surface area (Å²) in [4.78, 5) is 17.0. The Balaban J connectivity index is 1.40. The molecule has 0 atom stereocenters. The minimum Gasteiger partial charge on any atom is -0.299 e. The van der Waals surface area contributed by atoms with Gasteiger partial charge in [-0.15, -0.1) is 10.2 Å². The summed E-state index contributed by atoms with van der Waals surface area (Å²) in [5.74, 6) is -0.409. The number of amides is 1. The molecule has 0 aliphatic rings. The van der Waals surface area contributed by atoms with Crippen molar-refractivity contribution in [2.75, 3.05) is 11.6 Å². The highest BCUT2D eigenvalue weighted by Gasteiger charge is 2.16. The second-order valence-corrected chi connectivity index (χ2v) is 10.1. The van der Waals surface area contributed by atoms with E-state index in [0.717, 1.165) is 45.6 Å². The minimum absolute atomic E-state index is 0.119. The molecule has 5 aromatic rings. The van der Waals surface area contributed by atoms with Gasteiger partial charge in [-0.05, 0) is 24.3 Å². The average molecular weight is 466 g/mol. The van der Waals surface area contributed by atoms with Crippen LogP contribution in [0.25, 0.3) is 28.0 Å². The number of carbonyl (C=O) groups is 1. The fraction of sp³-hybridized carbons (Fsp3) is 0.0500. The zero-order chi connectivity index (χ0) is 22.3. The SMILES string of the molecule is CS(=O)(=O)c1nnc(NC(=O)c2ccc(-c3cnc4ccc(-c5cn[nH]c5)cn34)cc2)s1. The normalized spacial score (nSPS) is 11.7. The van der Waals surface area contributed by atoms with Crippen LogP contribution in [0.15, 0.2) is 65.5 Å². The Morgan fingerprint density at radius 3 is 2.50 bits per heavy atom. The number of sulfone groups is 1. The third-order valence-corrected chi connectivity index (χ3v) is 7.23. The van der Waals surface area contributed by atoms with E-state index in [2.05, 4.69) is 30.7 Å². The first-order valence-corrected chi connectivity index (χ1v) is 12.0. The second kappa shape index (κ2) is 7.66. The summed E-state index contributed by atoms with van der Waals surface area (Å²) in [5.41, 5.74) is 4.92. The van der Waals surface area contributed by atoms with Gasteiger partial charge in [-0.25, -0.2) is 13.4 Å². The minimum atomic E-state index is -3.47. The van der Waals surface area contributed by atoms with Crippen molar-refractivity contribution >= 4 is 37.9 Å². The Hall–Kier alpha value is -3.90. The molecule has 0 saturated heterocycles. The van der Waals surface area contributed by atoms with E-state index < -0.39 is 15.7 Å². The van der Waals surface area contributed by atoms with Crippen LogP contribution in [0.1, 0.15) is 10.4 Å². The molecule has 12 heteroatoms. The lowest BCUT2D eigenvalue weighted by atomic mass is 10.1.